The van der Waals surface area contributed by atoms with Crippen molar-refractivity contribution in [2.45, 2.75) is 26.7 Å². The molecule has 1 N–H and O–H groups in total. The van der Waals surface area contributed by atoms with Crippen LogP contribution in [-0.2, 0) is 14.3 Å². The molecule has 0 atom stereocenters. The number of thiazole rings is 1. The first-order chi connectivity index (χ1) is 9.58. The maximum atomic E-state index is 11.7. The molecule has 0 aliphatic carbocycles. The summed E-state index contributed by atoms with van der Waals surface area (Å²) < 4.78 is 5.81. The number of esters is 1. The number of benzene rings is 1. The maximum Gasteiger partial charge on any atom is 0.306 e. The summed E-state index contributed by atoms with van der Waals surface area (Å²) in [5.41, 5.74) is 1.65. The largest absolute Gasteiger partial charge is 0.466 e. The van der Waals surface area contributed by atoms with Crippen LogP contribution in [0.2, 0.25) is 0 Å². The molecule has 0 spiro atoms. The van der Waals surface area contributed by atoms with Gasteiger partial charge in [0.2, 0.25) is 5.91 Å². The third-order valence-electron chi connectivity index (χ3n) is 2.64. The smallest absolute Gasteiger partial charge is 0.306 e. The number of fused-ring (bicyclic) bond motifs is 1. The highest BCUT2D eigenvalue weighted by Crippen LogP contribution is 2.24. The van der Waals surface area contributed by atoms with Crippen molar-refractivity contribution in [2.75, 3.05) is 11.9 Å². The number of aryl methyl sites for hydroxylation is 1. The van der Waals surface area contributed by atoms with Gasteiger partial charge < -0.3 is 10.1 Å². The molecule has 1 aromatic carbocycles. The van der Waals surface area contributed by atoms with Crippen molar-refractivity contribution in [3.63, 3.8) is 0 Å². The van der Waals surface area contributed by atoms with Gasteiger partial charge in [-0.3, -0.25) is 9.59 Å². The Morgan fingerprint density at radius 3 is 2.90 bits per heavy atom. The van der Waals surface area contributed by atoms with E-state index in [1.54, 1.807) is 18.3 Å². The number of amides is 1. The number of ether oxygens (including phenoxy) is 1. The Balaban J connectivity index is 1.93. The number of aromatic nitrogens is 1. The molecule has 6 heteroatoms. The van der Waals surface area contributed by atoms with Gasteiger partial charge in [0.15, 0.2) is 0 Å². The van der Waals surface area contributed by atoms with Gasteiger partial charge in [0, 0.05) is 12.1 Å². The molecule has 0 unspecified atom stereocenters. The van der Waals surface area contributed by atoms with Crippen LogP contribution >= 0.6 is 11.3 Å². The summed E-state index contributed by atoms with van der Waals surface area (Å²) in [6, 6.07) is 5.58. The van der Waals surface area contributed by atoms with Crippen molar-refractivity contribution in [3.05, 3.63) is 23.2 Å². The molecule has 0 saturated heterocycles. The van der Waals surface area contributed by atoms with Crippen LogP contribution < -0.4 is 5.32 Å². The highest BCUT2D eigenvalue weighted by molar-refractivity contribution is 7.18. The van der Waals surface area contributed by atoms with E-state index in [-0.39, 0.29) is 24.7 Å². The van der Waals surface area contributed by atoms with Crippen LogP contribution in [-0.4, -0.2) is 23.5 Å². The normalized spacial score (nSPS) is 10.5. The van der Waals surface area contributed by atoms with E-state index in [4.69, 9.17) is 4.74 Å². The SMILES string of the molecule is CCOC(=O)CCC(=O)Nc1ccc2nc(C)sc2c1. The van der Waals surface area contributed by atoms with Gasteiger partial charge in [0.1, 0.15) is 0 Å². The number of carbonyl (C=O) groups excluding carboxylic acids is 2. The summed E-state index contributed by atoms with van der Waals surface area (Å²) in [5, 5.41) is 3.76. The Kier molecular flexibility index (Phi) is 4.68. The minimum Gasteiger partial charge on any atom is -0.466 e. The quantitative estimate of drug-likeness (QED) is 0.860. The lowest BCUT2D eigenvalue weighted by molar-refractivity contribution is -0.144. The van der Waals surface area contributed by atoms with Crippen molar-refractivity contribution in [1.29, 1.82) is 0 Å². The van der Waals surface area contributed by atoms with E-state index in [2.05, 4.69) is 10.3 Å². The van der Waals surface area contributed by atoms with Crippen molar-refractivity contribution in [3.8, 4) is 0 Å². The van der Waals surface area contributed by atoms with Gasteiger partial charge >= 0.3 is 5.97 Å². The molecule has 2 rings (SSSR count). The number of anilines is 1. The topological polar surface area (TPSA) is 68.3 Å². The van der Waals surface area contributed by atoms with E-state index in [0.29, 0.717) is 6.61 Å². The minimum absolute atomic E-state index is 0.0988. The molecular formula is C14H16N2O3S. The molecule has 0 aliphatic rings. The van der Waals surface area contributed by atoms with Gasteiger partial charge in [0.05, 0.1) is 28.3 Å². The van der Waals surface area contributed by atoms with Crippen molar-refractivity contribution in [1.82, 2.24) is 4.98 Å². The Morgan fingerprint density at radius 1 is 1.35 bits per heavy atom. The second kappa shape index (κ2) is 6.47. The van der Waals surface area contributed by atoms with Crippen LogP contribution in [0.5, 0.6) is 0 Å². The zero-order valence-electron chi connectivity index (χ0n) is 11.4. The van der Waals surface area contributed by atoms with E-state index < -0.39 is 0 Å². The van der Waals surface area contributed by atoms with Crippen LogP contribution in [0.3, 0.4) is 0 Å². The molecule has 0 radical (unpaired) electrons. The van der Waals surface area contributed by atoms with Crippen molar-refractivity contribution in [2.24, 2.45) is 0 Å². The van der Waals surface area contributed by atoms with Crippen LogP contribution in [0.15, 0.2) is 18.2 Å². The molecule has 106 valence electrons. The highest BCUT2D eigenvalue weighted by atomic mass is 32.1. The monoisotopic (exact) mass is 292 g/mol. The van der Waals surface area contributed by atoms with Crippen LogP contribution in [0.4, 0.5) is 5.69 Å². The zero-order valence-corrected chi connectivity index (χ0v) is 12.3. The van der Waals surface area contributed by atoms with E-state index in [0.717, 1.165) is 20.9 Å². The molecule has 0 aliphatic heterocycles. The van der Waals surface area contributed by atoms with Crippen molar-refractivity contribution >= 4 is 39.1 Å². The molecule has 20 heavy (non-hydrogen) atoms. The van der Waals surface area contributed by atoms with Crippen LogP contribution in [0.1, 0.15) is 24.8 Å². The van der Waals surface area contributed by atoms with Gasteiger partial charge in [0.25, 0.3) is 0 Å². The summed E-state index contributed by atoms with van der Waals surface area (Å²) >= 11 is 1.58. The molecular weight excluding hydrogens is 276 g/mol. The average Bonchev–Trinajstić information content (AvgIpc) is 2.76. The predicted molar refractivity (Wildman–Crippen MR) is 78.9 cm³/mol. The molecule has 0 saturated carbocycles. The predicted octanol–water partition coefficient (Wildman–Crippen LogP) is 2.89. The van der Waals surface area contributed by atoms with E-state index in [1.807, 2.05) is 25.1 Å². The van der Waals surface area contributed by atoms with Gasteiger partial charge in [-0.2, -0.15) is 0 Å². The minimum atomic E-state index is -0.351. The Labute approximate surface area is 121 Å². The zero-order chi connectivity index (χ0) is 14.5. The molecule has 1 heterocycles. The second-order valence-corrected chi connectivity index (χ2v) is 5.50. The van der Waals surface area contributed by atoms with E-state index in [1.165, 1.54) is 0 Å². The molecule has 0 bridgehead atoms. The first-order valence-corrected chi connectivity index (χ1v) is 7.23. The van der Waals surface area contributed by atoms with E-state index >= 15 is 0 Å². The third kappa shape index (κ3) is 3.77. The molecule has 2 aromatic rings. The van der Waals surface area contributed by atoms with Crippen LogP contribution in [0.25, 0.3) is 10.2 Å². The third-order valence-corrected chi connectivity index (χ3v) is 3.57. The lowest BCUT2D eigenvalue weighted by Gasteiger charge is -2.05. The number of carbonyl (C=O) groups is 2. The molecule has 1 amide bonds. The van der Waals surface area contributed by atoms with Gasteiger partial charge in [-0.1, -0.05) is 0 Å². The van der Waals surface area contributed by atoms with Crippen LogP contribution in [0, 0.1) is 6.92 Å². The summed E-state index contributed by atoms with van der Waals surface area (Å²) in [6.45, 7) is 4.02. The number of hydrogen-bond donors (Lipinski definition) is 1. The lowest BCUT2D eigenvalue weighted by Crippen LogP contribution is -2.14. The number of rotatable bonds is 5. The maximum absolute atomic E-state index is 11.7. The fourth-order valence-electron chi connectivity index (χ4n) is 1.79. The summed E-state index contributed by atoms with van der Waals surface area (Å²) in [4.78, 5) is 27.3. The fourth-order valence-corrected chi connectivity index (χ4v) is 2.66. The number of nitrogens with zero attached hydrogens (tertiary/aromatic N) is 1. The highest BCUT2D eigenvalue weighted by Gasteiger charge is 2.08. The lowest BCUT2D eigenvalue weighted by atomic mass is 10.2. The first kappa shape index (κ1) is 14.5. The van der Waals surface area contributed by atoms with Crippen molar-refractivity contribution < 1.29 is 14.3 Å². The molecule has 0 fully saturated rings. The van der Waals surface area contributed by atoms with Gasteiger partial charge in [-0.05, 0) is 32.0 Å². The molecule has 5 nitrogen and oxygen atoms in total. The number of nitrogens with one attached hydrogen (secondary N) is 1. The Bertz CT molecular complexity index is 636. The average molecular weight is 292 g/mol. The summed E-state index contributed by atoms with van der Waals surface area (Å²) in [6.07, 6.45) is 0.222. The molecule has 1 aromatic heterocycles. The second-order valence-electron chi connectivity index (χ2n) is 4.27. The van der Waals surface area contributed by atoms with Gasteiger partial charge in [-0.15, -0.1) is 11.3 Å². The van der Waals surface area contributed by atoms with E-state index in [9.17, 15) is 9.59 Å². The van der Waals surface area contributed by atoms with Gasteiger partial charge in [-0.25, -0.2) is 4.98 Å². The first-order valence-electron chi connectivity index (χ1n) is 6.41. The Hall–Kier alpha value is -1.95. The Morgan fingerprint density at radius 2 is 2.15 bits per heavy atom. The number of hydrogen-bond acceptors (Lipinski definition) is 5. The summed E-state index contributed by atoms with van der Waals surface area (Å²) in [7, 11) is 0. The summed E-state index contributed by atoms with van der Waals surface area (Å²) in [5.74, 6) is -0.546. The standard InChI is InChI=1S/C14H16N2O3S/c1-3-19-14(18)7-6-13(17)16-10-4-5-11-12(8-10)20-9(2)15-11/h4-5,8H,3,6-7H2,1-2H3,(H,16,17). The fraction of sp³-hybridized carbons (Fsp3) is 0.357.